The molecule has 0 amide bonds. The van der Waals surface area contributed by atoms with Crippen LogP contribution in [0.3, 0.4) is 0 Å². The first-order chi connectivity index (χ1) is 10.1. The van der Waals surface area contributed by atoms with Crippen LogP contribution in [0.4, 0.5) is 0 Å². The summed E-state index contributed by atoms with van der Waals surface area (Å²) in [5.74, 6) is 1.28. The molecule has 0 aliphatic carbocycles. The summed E-state index contributed by atoms with van der Waals surface area (Å²) in [5, 5.41) is 0.610. The Labute approximate surface area is 135 Å². The number of hydrogen-bond acceptors (Lipinski definition) is 3. The van der Waals surface area contributed by atoms with Crippen molar-refractivity contribution in [2.75, 3.05) is 7.11 Å². The molecule has 5 heteroatoms. The van der Waals surface area contributed by atoms with Gasteiger partial charge in [-0.1, -0.05) is 12.1 Å². The van der Waals surface area contributed by atoms with E-state index < -0.39 is 0 Å². The molecular weight excluding hydrogens is 379 g/mol. The van der Waals surface area contributed by atoms with E-state index in [1.54, 1.807) is 11.7 Å². The minimum atomic E-state index is -0.0829. The summed E-state index contributed by atoms with van der Waals surface area (Å²) in [6.07, 6.45) is 0. The molecule has 0 aliphatic heterocycles. The van der Waals surface area contributed by atoms with Crippen molar-refractivity contribution in [3.63, 3.8) is 0 Å². The van der Waals surface area contributed by atoms with E-state index in [2.05, 4.69) is 27.6 Å². The fraction of sp³-hybridized carbons (Fsp3) is 0.125. The van der Waals surface area contributed by atoms with E-state index in [0.717, 1.165) is 3.57 Å². The molecule has 0 unspecified atom stereocenters. The second-order valence-corrected chi connectivity index (χ2v) is 5.88. The lowest BCUT2D eigenvalue weighted by Crippen LogP contribution is -2.22. The number of nitrogens with zero attached hydrogens (tertiary/aromatic N) is 2. The van der Waals surface area contributed by atoms with E-state index in [1.165, 1.54) is 0 Å². The van der Waals surface area contributed by atoms with Gasteiger partial charge in [0, 0.05) is 3.57 Å². The molecule has 3 rings (SSSR count). The smallest absolute Gasteiger partial charge is 0.266 e. The average molecular weight is 392 g/mol. The molecule has 21 heavy (non-hydrogen) atoms. The van der Waals surface area contributed by atoms with Crippen LogP contribution in [0, 0.1) is 10.5 Å². The van der Waals surface area contributed by atoms with Crippen molar-refractivity contribution >= 4 is 33.5 Å². The van der Waals surface area contributed by atoms with Crippen molar-refractivity contribution in [1.29, 1.82) is 0 Å². The van der Waals surface area contributed by atoms with Gasteiger partial charge in [0.2, 0.25) is 0 Å². The van der Waals surface area contributed by atoms with Crippen molar-refractivity contribution < 1.29 is 4.74 Å². The van der Waals surface area contributed by atoms with Crippen LogP contribution in [0.15, 0.2) is 47.3 Å². The summed E-state index contributed by atoms with van der Waals surface area (Å²) < 4.78 is 7.96. The van der Waals surface area contributed by atoms with Crippen molar-refractivity contribution in [3.05, 3.63) is 62.2 Å². The van der Waals surface area contributed by atoms with Crippen molar-refractivity contribution in [2.45, 2.75) is 6.92 Å². The van der Waals surface area contributed by atoms with Crippen LogP contribution in [0.1, 0.15) is 5.82 Å². The van der Waals surface area contributed by atoms with Gasteiger partial charge in [0.1, 0.15) is 11.6 Å². The molecule has 0 saturated carbocycles. The van der Waals surface area contributed by atoms with Crippen LogP contribution >= 0.6 is 22.6 Å². The molecule has 0 spiro atoms. The first kappa shape index (κ1) is 14.1. The maximum absolute atomic E-state index is 12.8. The van der Waals surface area contributed by atoms with Crippen molar-refractivity contribution in [3.8, 4) is 11.4 Å². The highest BCUT2D eigenvalue weighted by molar-refractivity contribution is 14.1. The molecule has 2 aromatic carbocycles. The topological polar surface area (TPSA) is 44.1 Å². The summed E-state index contributed by atoms with van der Waals surface area (Å²) in [7, 11) is 1.59. The third kappa shape index (κ3) is 2.42. The molecule has 0 bridgehead atoms. The number of hydrogen-bond donors (Lipinski definition) is 0. The lowest BCUT2D eigenvalue weighted by Gasteiger charge is -2.14. The van der Waals surface area contributed by atoms with Gasteiger partial charge in [-0.15, -0.1) is 0 Å². The van der Waals surface area contributed by atoms with Gasteiger partial charge in [0.05, 0.1) is 23.7 Å². The Morgan fingerprint density at radius 3 is 2.71 bits per heavy atom. The SMILES string of the molecule is COc1ccccc1-n1c(C)nc2ccc(I)cc2c1=O. The largest absolute Gasteiger partial charge is 0.495 e. The number of halogens is 1. The van der Waals surface area contributed by atoms with E-state index >= 15 is 0 Å². The molecule has 0 radical (unpaired) electrons. The average Bonchev–Trinajstić information content (AvgIpc) is 2.49. The van der Waals surface area contributed by atoms with Crippen molar-refractivity contribution in [2.24, 2.45) is 0 Å². The van der Waals surface area contributed by atoms with Gasteiger partial charge in [0.25, 0.3) is 5.56 Å². The zero-order valence-electron chi connectivity index (χ0n) is 11.6. The van der Waals surface area contributed by atoms with Gasteiger partial charge in [-0.05, 0) is 59.8 Å². The molecule has 1 heterocycles. The predicted molar refractivity (Wildman–Crippen MR) is 91.3 cm³/mol. The number of para-hydroxylation sites is 2. The van der Waals surface area contributed by atoms with Gasteiger partial charge in [0.15, 0.2) is 0 Å². The molecule has 0 fully saturated rings. The Morgan fingerprint density at radius 2 is 1.95 bits per heavy atom. The molecule has 0 aliphatic rings. The maximum atomic E-state index is 12.8. The van der Waals surface area contributed by atoms with Crippen LogP contribution in [-0.2, 0) is 0 Å². The molecule has 0 saturated heterocycles. The number of aryl methyl sites for hydroxylation is 1. The number of rotatable bonds is 2. The minimum absolute atomic E-state index is 0.0829. The molecule has 1 aromatic heterocycles. The van der Waals surface area contributed by atoms with Crippen LogP contribution in [0.2, 0.25) is 0 Å². The monoisotopic (exact) mass is 392 g/mol. The van der Waals surface area contributed by atoms with Crippen LogP contribution in [0.25, 0.3) is 16.6 Å². The zero-order chi connectivity index (χ0) is 15.0. The second-order valence-electron chi connectivity index (χ2n) is 4.63. The Kier molecular flexibility index (Phi) is 3.67. The fourth-order valence-corrected chi connectivity index (χ4v) is 2.86. The fourth-order valence-electron chi connectivity index (χ4n) is 2.37. The first-order valence-electron chi connectivity index (χ1n) is 6.44. The number of methoxy groups -OCH3 is 1. The third-order valence-corrected chi connectivity index (χ3v) is 4.00. The Morgan fingerprint density at radius 1 is 1.19 bits per heavy atom. The molecule has 0 N–H and O–H groups in total. The molecule has 3 aromatic rings. The summed E-state index contributed by atoms with van der Waals surface area (Å²) in [5.41, 5.74) is 1.33. The Balaban J connectivity index is 2.40. The van der Waals surface area contributed by atoms with Gasteiger partial charge in [-0.2, -0.15) is 0 Å². The molecule has 106 valence electrons. The minimum Gasteiger partial charge on any atom is -0.495 e. The number of ether oxygens (including phenoxy) is 1. The Bertz CT molecular complexity index is 887. The highest BCUT2D eigenvalue weighted by atomic mass is 127. The van der Waals surface area contributed by atoms with E-state index in [0.29, 0.717) is 28.2 Å². The van der Waals surface area contributed by atoms with Gasteiger partial charge < -0.3 is 4.74 Å². The maximum Gasteiger partial charge on any atom is 0.266 e. The summed E-state index contributed by atoms with van der Waals surface area (Å²) >= 11 is 2.19. The number of fused-ring (bicyclic) bond motifs is 1. The molecular formula is C16H13IN2O2. The molecule has 0 atom stereocenters. The Hall–Kier alpha value is -1.89. The summed E-state index contributed by atoms with van der Waals surface area (Å²) in [6, 6.07) is 13.1. The highest BCUT2D eigenvalue weighted by Gasteiger charge is 2.13. The number of aromatic nitrogens is 2. The van der Waals surface area contributed by atoms with E-state index in [-0.39, 0.29) is 5.56 Å². The van der Waals surface area contributed by atoms with E-state index in [1.807, 2.05) is 49.4 Å². The quantitative estimate of drug-likeness (QED) is 0.629. The normalized spacial score (nSPS) is 10.8. The standard InChI is InChI=1S/C16H13IN2O2/c1-10-18-13-8-7-11(17)9-12(13)16(20)19(10)14-5-3-4-6-15(14)21-2/h3-9H,1-2H3. The van der Waals surface area contributed by atoms with Crippen LogP contribution in [-0.4, -0.2) is 16.7 Å². The predicted octanol–water partition coefficient (Wildman–Crippen LogP) is 3.31. The number of benzene rings is 2. The van der Waals surface area contributed by atoms with Gasteiger partial charge in [-0.3, -0.25) is 9.36 Å². The summed E-state index contributed by atoms with van der Waals surface area (Å²) in [4.78, 5) is 17.4. The second kappa shape index (κ2) is 5.48. The highest BCUT2D eigenvalue weighted by Crippen LogP contribution is 2.23. The van der Waals surface area contributed by atoms with Gasteiger partial charge >= 0.3 is 0 Å². The van der Waals surface area contributed by atoms with E-state index in [4.69, 9.17) is 4.74 Å². The lowest BCUT2D eigenvalue weighted by atomic mass is 10.2. The van der Waals surface area contributed by atoms with Gasteiger partial charge in [-0.25, -0.2) is 4.98 Å². The lowest BCUT2D eigenvalue weighted by molar-refractivity contribution is 0.412. The van der Waals surface area contributed by atoms with E-state index in [9.17, 15) is 4.79 Å². The zero-order valence-corrected chi connectivity index (χ0v) is 13.8. The molecule has 4 nitrogen and oxygen atoms in total. The first-order valence-corrected chi connectivity index (χ1v) is 7.52. The van der Waals surface area contributed by atoms with Crippen molar-refractivity contribution in [1.82, 2.24) is 9.55 Å². The van der Waals surface area contributed by atoms with Crippen LogP contribution < -0.4 is 10.3 Å². The van der Waals surface area contributed by atoms with Crippen LogP contribution in [0.5, 0.6) is 5.75 Å². The third-order valence-electron chi connectivity index (χ3n) is 3.32. The summed E-state index contributed by atoms with van der Waals surface area (Å²) in [6.45, 7) is 1.82.